The molecule has 1 N–H and O–H groups in total. The van der Waals surface area contributed by atoms with E-state index in [4.69, 9.17) is 16.3 Å². The lowest BCUT2D eigenvalue weighted by atomic mass is 10.1. The van der Waals surface area contributed by atoms with Crippen LogP contribution in [0.2, 0.25) is 5.15 Å². The Morgan fingerprint density at radius 3 is 2.69 bits per heavy atom. The third kappa shape index (κ3) is 4.73. The van der Waals surface area contributed by atoms with Crippen LogP contribution in [0.15, 0.2) is 6.07 Å². The van der Waals surface area contributed by atoms with Gasteiger partial charge in [-0.2, -0.15) is 0 Å². The second-order valence-electron chi connectivity index (χ2n) is 5.68. The summed E-state index contributed by atoms with van der Waals surface area (Å²) < 4.78 is 5.14. The van der Waals surface area contributed by atoms with Gasteiger partial charge in [0.15, 0.2) is 6.10 Å². The van der Waals surface area contributed by atoms with Gasteiger partial charge in [0.2, 0.25) is 5.91 Å². The first-order valence-electron chi connectivity index (χ1n) is 7.80. The van der Waals surface area contributed by atoms with Gasteiger partial charge in [0.25, 0.3) is 11.1 Å². The Morgan fingerprint density at radius 1 is 1.42 bits per heavy atom. The van der Waals surface area contributed by atoms with Crippen molar-refractivity contribution in [1.82, 2.24) is 15.2 Å². The Labute approximate surface area is 159 Å². The molecule has 1 atom stereocenters. The molecule has 1 aromatic rings. The number of thioether (sulfide) groups is 1. The number of nitrogens with one attached hydrogen (secondary N) is 1. The normalized spacial score (nSPS) is 15.2. The van der Waals surface area contributed by atoms with Crippen LogP contribution in [0, 0.1) is 13.8 Å². The van der Waals surface area contributed by atoms with E-state index in [9.17, 15) is 19.2 Å². The number of aryl methyl sites for hydroxylation is 2. The topological polar surface area (TPSA) is 106 Å². The molecule has 0 unspecified atom stereocenters. The SMILES string of the molecule is Cc1cc(C)c(C(=O)O[C@@H](C)C(=O)NCCN2C(=O)CSC2=O)c(Cl)n1. The van der Waals surface area contributed by atoms with Gasteiger partial charge >= 0.3 is 5.97 Å². The van der Waals surface area contributed by atoms with Crippen LogP contribution in [0.4, 0.5) is 4.79 Å². The molecule has 0 spiro atoms. The van der Waals surface area contributed by atoms with Crippen molar-refractivity contribution < 1.29 is 23.9 Å². The number of carbonyl (C=O) groups excluding carboxylic acids is 4. The van der Waals surface area contributed by atoms with Crippen LogP contribution < -0.4 is 5.32 Å². The van der Waals surface area contributed by atoms with E-state index in [-0.39, 0.29) is 40.7 Å². The fourth-order valence-electron chi connectivity index (χ4n) is 2.34. The first-order chi connectivity index (χ1) is 12.2. The largest absolute Gasteiger partial charge is 0.449 e. The lowest BCUT2D eigenvalue weighted by Gasteiger charge is -2.17. The van der Waals surface area contributed by atoms with Crippen LogP contribution in [-0.2, 0) is 14.3 Å². The number of aromatic nitrogens is 1. The fraction of sp³-hybridized carbons (Fsp3) is 0.438. The summed E-state index contributed by atoms with van der Waals surface area (Å²) >= 11 is 6.92. The molecule has 1 aliphatic rings. The smallest absolute Gasteiger partial charge is 0.342 e. The Hall–Kier alpha value is -2.13. The summed E-state index contributed by atoms with van der Waals surface area (Å²) in [4.78, 5) is 52.3. The van der Waals surface area contributed by atoms with Gasteiger partial charge < -0.3 is 10.1 Å². The summed E-state index contributed by atoms with van der Waals surface area (Å²) in [5.41, 5.74) is 1.38. The second kappa shape index (κ2) is 8.50. The maximum absolute atomic E-state index is 12.3. The minimum atomic E-state index is -1.07. The van der Waals surface area contributed by atoms with Crippen LogP contribution in [0.1, 0.15) is 28.5 Å². The summed E-state index contributed by atoms with van der Waals surface area (Å²) in [7, 11) is 0. The number of amides is 3. The fourth-order valence-corrected chi connectivity index (χ4v) is 3.45. The molecule has 0 bridgehead atoms. The predicted molar refractivity (Wildman–Crippen MR) is 96.2 cm³/mol. The molecule has 0 aromatic carbocycles. The molecule has 0 radical (unpaired) electrons. The molecule has 8 nitrogen and oxygen atoms in total. The zero-order chi connectivity index (χ0) is 19.4. The summed E-state index contributed by atoms with van der Waals surface area (Å²) in [6.45, 7) is 5.01. The summed E-state index contributed by atoms with van der Waals surface area (Å²) in [5.74, 6) is -1.46. The molecule has 10 heteroatoms. The summed E-state index contributed by atoms with van der Waals surface area (Å²) in [6.07, 6.45) is -1.07. The first kappa shape index (κ1) is 20.2. The molecule has 2 heterocycles. The highest BCUT2D eigenvalue weighted by Crippen LogP contribution is 2.20. The molecule has 140 valence electrons. The Morgan fingerprint density at radius 2 is 2.12 bits per heavy atom. The number of halogens is 1. The molecule has 1 fully saturated rings. The van der Waals surface area contributed by atoms with E-state index in [1.807, 2.05) is 0 Å². The van der Waals surface area contributed by atoms with Crippen LogP contribution >= 0.6 is 23.4 Å². The molecular weight excluding hydrogens is 382 g/mol. The van der Waals surface area contributed by atoms with Gasteiger partial charge in [-0.3, -0.25) is 19.3 Å². The summed E-state index contributed by atoms with van der Waals surface area (Å²) in [5, 5.41) is 2.21. The quantitative estimate of drug-likeness (QED) is 0.573. The van der Waals surface area contributed by atoms with Gasteiger partial charge in [-0.15, -0.1) is 0 Å². The minimum absolute atomic E-state index is 0.0173. The van der Waals surface area contributed by atoms with E-state index < -0.39 is 18.0 Å². The second-order valence-corrected chi connectivity index (χ2v) is 6.97. The number of hydrogen-bond acceptors (Lipinski definition) is 7. The van der Waals surface area contributed by atoms with Crippen molar-refractivity contribution in [3.63, 3.8) is 0 Å². The first-order valence-corrected chi connectivity index (χ1v) is 9.16. The molecule has 0 saturated carbocycles. The number of nitrogens with zero attached hydrogens (tertiary/aromatic N) is 2. The number of carbonyl (C=O) groups is 4. The number of rotatable bonds is 6. The molecule has 26 heavy (non-hydrogen) atoms. The van der Waals surface area contributed by atoms with E-state index in [1.54, 1.807) is 19.9 Å². The number of hydrogen-bond donors (Lipinski definition) is 1. The van der Waals surface area contributed by atoms with E-state index in [0.29, 0.717) is 11.3 Å². The van der Waals surface area contributed by atoms with Crippen LogP contribution in [0.3, 0.4) is 0 Å². The van der Waals surface area contributed by atoms with Gasteiger partial charge in [-0.25, -0.2) is 9.78 Å². The zero-order valence-corrected chi connectivity index (χ0v) is 16.1. The number of imide groups is 1. The highest BCUT2D eigenvalue weighted by molar-refractivity contribution is 8.14. The number of ether oxygens (including phenoxy) is 1. The molecule has 1 aromatic heterocycles. The standard InChI is InChI=1S/C16H18ClN3O5S/c1-8-6-9(2)19-13(17)12(8)15(23)25-10(3)14(22)18-4-5-20-11(21)7-26-16(20)24/h6,10H,4-5,7H2,1-3H3,(H,18,22)/t10-/m0/s1. The van der Waals surface area contributed by atoms with Crippen molar-refractivity contribution in [2.75, 3.05) is 18.8 Å². The van der Waals surface area contributed by atoms with Crippen molar-refractivity contribution in [3.05, 3.63) is 28.0 Å². The van der Waals surface area contributed by atoms with Gasteiger partial charge in [0.05, 0.1) is 11.3 Å². The third-order valence-electron chi connectivity index (χ3n) is 3.63. The molecule has 0 aliphatic carbocycles. The molecule has 1 aliphatic heterocycles. The predicted octanol–water partition coefficient (Wildman–Crippen LogP) is 1.71. The van der Waals surface area contributed by atoms with Crippen molar-refractivity contribution in [2.24, 2.45) is 0 Å². The minimum Gasteiger partial charge on any atom is -0.449 e. The maximum Gasteiger partial charge on any atom is 0.342 e. The van der Waals surface area contributed by atoms with Crippen LogP contribution in [0.5, 0.6) is 0 Å². The summed E-state index contributed by atoms with van der Waals surface area (Å²) in [6, 6.07) is 1.69. The van der Waals surface area contributed by atoms with Gasteiger partial charge in [-0.05, 0) is 32.4 Å². The Balaban J connectivity index is 1.88. The van der Waals surface area contributed by atoms with Crippen molar-refractivity contribution in [1.29, 1.82) is 0 Å². The van der Waals surface area contributed by atoms with Crippen LogP contribution in [-0.4, -0.2) is 57.9 Å². The lowest BCUT2D eigenvalue weighted by Crippen LogP contribution is -2.41. The highest BCUT2D eigenvalue weighted by atomic mass is 35.5. The van der Waals surface area contributed by atoms with Gasteiger partial charge in [0.1, 0.15) is 5.15 Å². The number of pyridine rings is 1. The Bertz CT molecular complexity index is 731. The Kier molecular flexibility index (Phi) is 6.60. The zero-order valence-electron chi connectivity index (χ0n) is 14.5. The maximum atomic E-state index is 12.3. The molecule has 1 saturated heterocycles. The van der Waals surface area contributed by atoms with E-state index in [1.165, 1.54) is 6.92 Å². The van der Waals surface area contributed by atoms with Gasteiger partial charge in [-0.1, -0.05) is 23.4 Å². The monoisotopic (exact) mass is 399 g/mol. The van der Waals surface area contributed by atoms with E-state index >= 15 is 0 Å². The molecule has 2 rings (SSSR count). The van der Waals surface area contributed by atoms with Crippen molar-refractivity contribution in [2.45, 2.75) is 26.9 Å². The van der Waals surface area contributed by atoms with Gasteiger partial charge in [0, 0.05) is 18.8 Å². The third-order valence-corrected chi connectivity index (χ3v) is 4.77. The average Bonchev–Trinajstić information content (AvgIpc) is 2.85. The molecule has 3 amide bonds. The molecular formula is C16H18ClN3O5S. The average molecular weight is 400 g/mol. The van der Waals surface area contributed by atoms with E-state index in [0.717, 1.165) is 16.7 Å². The van der Waals surface area contributed by atoms with E-state index in [2.05, 4.69) is 10.3 Å². The lowest BCUT2D eigenvalue weighted by molar-refractivity contribution is -0.130. The van der Waals surface area contributed by atoms with Crippen molar-refractivity contribution >= 4 is 46.4 Å². The van der Waals surface area contributed by atoms with Crippen LogP contribution in [0.25, 0.3) is 0 Å². The highest BCUT2D eigenvalue weighted by Gasteiger charge is 2.29. The van der Waals surface area contributed by atoms with Crippen molar-refractivity contribution in [3.8, 4) is 0 Å². The number of esters is 1.